The van der Waals surface area contributed by atoms with Gasteiger partial charge in [-0.2, -0.15) is 0 Å². The van der Waals surface area contributed by atoms with Crippen LogP contribution in [0.25, 0.3) is 0 Å². The summed E-state index contributed by atoms with van der Waals surface area (Å²) in [7, 11) is 0. The van der Waals surface area contributed by atoms with E-state index in [-0.39, 0.29) is 23.4 Å². The summed E-state index contributed by atoms with van der Waals surface area (Å²) in [5, 5.41) is 6.37. The second kappa shape index (κ2) is 7.54. The smallest absolute Gasteiger partial charge is 0.270 e. The molecule has 2 aromatic rings. The van der Waals surface area contributed by atoms with Crippen LogP contribution in [0.5, 0.6) is 0 Å². The SMILES string of the molecule is Cc1ccc(CC(=O)N[C@@H]2CNC[C@H]2c2ccc(C(C)(F)F)cc2)cc1. The molecule has 1 aliphatic heterocycles. The number of halogens is 2. The van der Waals surface area contributed by atoms with Gasteiger partial charge in [-0.3, -0.25) is 4.79 Å². The van der Waals surface area contributed by atoms with E-state index in [1.165, 1.54) is 12.1 Å². The normalized spacial score (nSPS) is 20.2. The molecule has 0 radical (unpaired) electrons. The Kier molecular flexibility index (Phi) is 5.37. The summed E-state index contributed by atoms with van der Waals surface area (Å²) in [6, 6.07) is 14.3. The maximum absolute atomic E-state index is 13.4. The molecule has 3 nitrogen and oxygen atoms in total. The first-order valence-corrected chi connectivity index (χ1v) is 8.87. The number of benzene rings is 2. The highest BCUT2D eigenvalue weighted by Gasteiger charge is 2.30. The highest BCUT2D eigenvalue weighted by molar-refractivity contribution is 5.79. The van der Waals surface area contributed by atoms with Crippen LogP contribution in [-0.2, 0) is 17.1 Å². The molecule has 1 aliphatic rings. The van der Waals surface area contributed by atoms with Crippen LogP contribution in [0.1, 0.15) is 35.1 Å². The quantitative estimate of drug-likeness (QED) is 0.859. The minimum absolute atomic E-state index is 0.00663. The molecule has 0 saturated carbocycles. The van der Waals surface area contributed by atoms with Crippen molar-refractivity contribution in [3.63, 3.8) is 0 Å². The average Bonchev–Trinajstić information content (AvgIpc) is 3.04. The molecule has 0 spiro atoms. The monoisotopic (exact) mass is 358 g/mol. The molecule has 0 bridgehead atoms. The Bertz CT molecular complexity index is 751. The van der Waals surface area contributed by atoms with Gasteiger partial charge in [0.15, 0.2) is 0 Å². The Morgan fingerprint density at radius 3 is 2.38 bits per heavy atom. The van der Waals surface area contributed by atoms with Crippen molar-refractivity contribution in [1.82, 2.24) is 10.6 Å². The van der Waals surface area contributed by atoms with Crippen molar-refractivity contribution in [1.29, 1.82) is 0 Å². The van der Waals surface area contributed by atoms with Crippen molar-refractivity contribution >= 4 is 5.91 Å². The molecule has 5 heteroatoms. The lowest BCUT2D eigenvalue weighted by molar-refractivity contribution is -0.121. The molecule has 138 valence electrons. The number of hydrogen-bond acceptors (Lipinski definition) is 2. The fourth-order valence-corrected chi connectivity index (χ4v) is 3.35. The molecule has 0 aliphatic carbocycles. The van der Waals surface area contributed by atoms with Crippen LogP contribution in [0.3, 0.4) is 0 Å². The van der Waals surface area contributed by atoms with Crippen LogP contribution >= 0.6 is 0 Å². The van der Waals surface area contributed by atoms with Crippen LogP contribution in [0.2, 0.25) is 0 Å². The highest BCUT2D eigenvalue weighted by Crippen LogP contribution is 2.29. The predicted octanol–water partition coefficient (Wildman–Crippen LogP) is 3.52. The molecule has 3 rings (SSSR count). The van der Waals surface area contributed by atoms with Gasteiger partial charge < -0.3 is 10.6 Å². The third-order valence-electron chi connectivity index (χ3n) is 4.89. The van der Waals surface area contributed by atoms with E-state index in [9.17, 15) is 13.6 Å². The van der Waals surface area contributed by atoms with Crippen LogP contribution in [-0.4, -0.2) is 25.0 Å². The van der Waals surface area contributed by atoms with Crippen molar-refractivity contribution < 1.29 is 13.6 Å². The fourth-order valence-electron chi connectivity index (χ4n) is 3.35. The summed E-state index contributed by atoms with van der Waals surface area (Å²) in [6.07, 6.45) is 0.338. The molecule has 1 amide bonds. The van der Waals surface area contributed by atoms with Gasteiger partial charge in [0.1, 0.15) is 0 Å². The number of aryl methyl sites for hydroxylation is 1. The van der Waals surface area contributed by atoms with Crippen molar-refractivity contribution in [2.75, 3.05) is 13.1 Å². The topological polar surface area (TPSA) is 41.1 Å². The number of carbonyl (C=O) groups excluding carboxylic acids is 1. The van der Waals surface area contributed by atoms with E-state index in [0.29, 0.717) is 13.0 Å². The van der Waals surface area contributed by atoms with Gasteiger partial charge in [-0.05, 0) is 18.1 Å². The van der Waals surface area contributed by atoms with Gasteiger partial charge in [-0.15, -0.1) is 0 Å². The first-order valence-electron chi connectivity index (χ1n) is 8.87. The molecule has 1 heterocycles. The molecule has 2 N–H and O–H groups in total. The number of carbonyl (C=O) groups is 1. The van der Waals surface area contributed by atoms with Gasteiger partial charge >= 0.3 is 0 Å². The van der Waals surface area contributed by atoms with Gasteiger partial charge in [0.25, 0.3) is 5.92 Å². The summed E-state index contributed by atoms with van der Waals surface area (Å²) in [4.78, 5) is 12.4. The fraction of sp³-hybridized carbons (Fsp3) is 0.381. The van der Waals surface area contributed by atoms with E-state index < -0.39 is 5.92 Å². The zero-order valence-electron chi connectivity index (χ0n) is 15.1. The lowest BCUT2D eigenvalue weighted by Crippen LogP contribution is -2.40. The first kappa shape index (κ1) is 18.5. The van der Waals surface area contributed by atoms with Crippen molar-refractivity contribution in [2.24, 2.45) is 0 Å². The average molecular weight is 358 g/mol. The molecular weight excluding hydrogens is 334 g/mol. The van der Waals surface area contributed by atoms with Crippen molar-refractivity contribution in [3.05, 3.63) is 70.8 Å². The van der Waals surface area contributed by atoms with Crippen LogP contribution in [0, 0.1) is 6.92 Å². The standard InChI is InChI=1S/C21H24F2N2O/c1-14-3-5-15(6-4-14)11-20(26)25-19-13-24-12-18(19)16-7-9-17(10-8-16)21(2,22)23/h3-10,18-19,24H,11-13H2,1-2H3,(H,25,26)/t18-,19+/m0/s1. The number of hydrogen-bond donors (Lipinski definition) is 2. The summed E-state index contributed by atoms with van der Waals surface area (Å²) < 4.78 is 26.7. The molecule has 0 unspecified atom stereocenters. The van der Waals surface area contributed by atoms with Crippen LogP contribution in [0.15, 0.2) is 48.5 Å². The van der Waals surface area contributed by atoms with Gasteiger partial charge in [-0.25, -0.2) is 8.78 Å². The van der Waals surface area contributed by atoms with Gasteiger partial charge in [0.05, 0.1) is 6.42 Å². The summed E-state index contributed by atoms with van der Waals surface area (Å²) in [6.45, 7) is 4.30. The van der Waals surface area contributed by atoms with E-state index in [1.807, 2.05) is 31.2 Å². The molecule has 1 fully saturated rings. The molecule has 2 atom stereocenters. The third kappa shape index (κ3) is 4.47. The lowest BCUT2D eigenvalue weighted by Gasteiger charge is -2.21. The van der Waals surface area contributed by atoms with Crippen molar-refractivity contribution in [3.8, 4) is 0 Å². The van der Waals surface area contributed by atoms with Crippen LogP contribution < -0.4 is 10.6 Å². The van der Waals surface area contributed by atoms with Crippen LogP contribution in [0.4, 0.5) is 8.78 Å². The highest BCUT2D eigenvalue weighted by atomic mass is 19.3. The molecule has 26 heavy (non-hydrogen) atoms. The van der Waals surface area contributed by atoms with E-state index in [4.69, 9.17) is 0 Å². The minimum Gasteiger partial charge on any atom is -0.351 e. The maximum atomic E-state index is 13.4. The number of rotatable bonds is 5. The number of amides is 1. The number of nitrogens with one attached hydrogen (secondary N) is 2. The summed E-state index contributed by atoms with van der Waals surface area (Å²) >= 11 is 0. The Labute approximate surface area is 152 Å². The van der Waals surface area contributed by atoms with Gasteiger partial charge in [0, 0.05) is 37.5 Å². The third-order valence-corrected chi connectivity index (χ3v) is 4.89. The van der Waals surface area contributed by atoms with Gasteiger partial charge in [-0.1, -0.05) is 54.1 Å². The Hall–Kier alpha value is -2.27. The van der Waals surface area contributed by atoms with E-state index >= 15 is 0 Å². The van der Waals surface area contributed by atoms with E-state index in [2.05, 4.69) is 10.6 Å². The Balaban J connectivity index is 1.64. The summed E-state index contributed by atoms with van der Waals surface area (Å²) in [5.74, 6) is -2.78. The molecule has 0 aromatic heterocycles. The zero-order chi connectivity index (χ0) is 18.7. The second-order valence-electron chi connectivity index (χ2n) is 7.11. The van der Waals surface area contributed by atoms with Crippen molar-refractivity contribution in [2.45, 2.75) is 38.2 Å². The largest absolute Gasteiger partial charge is 0.351 e. The molecule has 1 saturated heterocycles. The predicted molar refractivity (Wildman–Crippen MR) is 98.4 cm³/mol. The summed E-state index contributed by atoms with van der Waals surface area (Å²) in [5.41, 5.74) is 3.11. The molecule has 2 aromatic carbocycles. The Morgan fingerprint density at radius 1 is 1.12 bits per heavy atom. The maximum Gasteiger partial charge on any atom is 0.270 e. The zero-order valence-corrected chi connectivity index (χ0v) is 15.1. The molecular formula is C21H24F2N2O. The van der Waals surface area contributed by atoms with Gasteiger partial charge in [0.2, 0.25) is 5.91 Å². The van der Waals surface area contributed by atoms with E-state index in [1.54, 1.807) is 12.1 Å². The minimum atomic E-state index is -2.84. The lowest BCUT2D eigenvalue weighted by atomic mass is 9.92. The number of alkyl halides is 2. The second-order valence-corrected chi connectivity index (χ2v) is 7.11. The Morgan fingerprint density at radius 2 is 1.77 bits per heavy atom. The first-order chi connectivity index (χ1) is 12.3. The van der Waals surface area contributed by atoms with E-state index in [0.717, 1.165) is 30.2 Å².